The molecule has 1 aliphatic heterocycles. The number of nitrogens with zero attached hydrogens (tertiary/aromatic N) is 3. The zero-order valence-corrected chi connectivity index (χ0v) is 18.3. The van der Waals surface area contributed by atoms with Crippen LogP contribution < -0.4 is 0 Å². The standard InChI is InChI=1S/C24H20FN3O4S/c25-19-7-9-20(10-8-19)33(30,31)28-14-12-27(13-15-28)24(29)18-6-11-22-21(16-18)23(32-26-22)17-4-2-1-3-5-17/h1-11,16H,12-15H2. The predicted octanol–water partition coefficient (Wildman–Crippen LogP) is 3.78. The number of amides is 1. The summed E-state index contributed by atoms with van der Waals surface area (Å²) in [6, 6.07) is 19.5. The second kappa shape index (κ2) is 8.42. The van der Waals surface area contributed by atoms with Gasteiger partial charge in [0.2, 0.25) is 10.0 Å². The van der Waals surface area contributed by atoms with Crippen molar-refractivity contribution in [3.05, 3.63) is 84.2 Å². The molecule has 1 saturated heterocycles. The predicted molar refractivity (Wildman–Crippen MR) is 121 cm³/mol. The van der Waals surface area contributed by atoms with E-state index in [1.54, 1.807) is 23.1 Å². The molecule has 168 valence electrons. The molecule has 1 amide bonds. The molecule has 5 rings (SSSR count). The minimum absolute atomic E-state index is 0.0371. The summed E-state index contributed by atoms with van der Waals surface area (Å²) >= 11 is 0. The van der Waals surface area contributed by atoms with Crippen LogP contribution >= 0.6 is 0 Å². The van der Waals surface area contributed by atoms with Gasteiger partial charge in [-0.3, -0.25) is 4.79 Å². The molecule has 33 heavy (non-hydrogen) atoms. The molecular weight excluding hydrogens is 445 g/mol. The highest BCUT2D eigenvalue weighted by atomic mass is 32.2. The van der Waals surface area contributed by atoms with Crippen molar-refractivity contribution in [2.24, 2.45) is 0 Å². The van der Waals surface area contributed by atoms with Crippen LogP contribution in [0.4, 0.5) is 4.39 Å². The number of halogens is 1. The molecule has 0 aliphatic carbocycles. The largest absolute Gasteiger partial charge is 0.355 e. The van der Waals surface area contributed by atoms with Crippen molar-refractivity contribution in [1.29, 1.82) is 0 Å². The lowest BCUT2D eigenvalue weighted by Gasteiger charge is -2.34. The van der Waals surface area contributed by atoms with Crippen molar-refractivity contribution in [2.75, 3.05) is 26.2 Å². The van der Waals surface area contributed by atoms with Crippen LogP contribution in [0.5, 0.6) is 0 Å². The van der Waals surface area contributed by atoms with Crippen molar-refractivity contribution < 1.29 is 22.1 Å². The van der Waals surface area contributed by atoms with Gasteiger partial charge in [-0.15, -0.1) is 0 Å². The molecule has 1 aliphatic rings. The first kappa shape index (κ1) is 21.3. The Bertz CT molecular complexity index is 1410. The van der Waals surface area contributed by atoms with Gasteiger partial charge in [0, 0.05) is 37.3 Å². The van der Waals surface area contributed by atoms with E-state index in [0.717, 1.165) is 23.1 Å². The molecule has 0 radical (unpaired) electrons. The van der Waals surface area contributed by atoms with Crippen LogP contribution in [-0.2, 0) is 10.0 Å². The van der Waals surface area contributed by atoms with Gasteiger partial charge in [0.05, 0.1) is 10.3 Å². The first-order chi connectivity index (χ1) is 15.9. The topological polar surface area (TPSA) is 83.7 Å². The molecule has 0 unspecified atom stereocenters. The molecule has 0 spiro atoms. The van der Waals surface area contributed by atoms with Gasteiger partial charge < -0.3 is 9.42 Å². The molecule has 7 nitrogen and oxygen atoms in total. The summed E-state index contributed by atoms with van der Waals surface area (Å²) in [7, 11) is -3.74. The van der Waals surface area contributed by atoms with E-state index < -0.39 is 15.8 Å². The minimum atomic E-state index is -3.74. The molecule has 1 aromatic heterocycles. The SMILES string of the molecule is O=C(c1ccc2noc(-c3ccccc3)c2c1)N1CCN(S(=O)(=O)c2ccc(F)cc2)CC1. The van der Waals surface area contributed by atoms with Crippen LogP contribution in [0, 0.1) is 5.82 Å². The Hall–Kier alpha value is -3.56. The number of fused-ring (bicyclic) bond motifs is 1. The van der Waals surface area contributed by atoms with Crippen LogP contribution in [0.15, 0.2) is 82.2 Å². The maximum absolute atomic E-state index is 13.2. The van der Waals surface area contributed by atoms with Gasteiger partial charge in [0.25, 0.3) is 5.91 Å². The Labute approximate surface area is 190 Å². The number of hydrogen-bond donors (Lipinski definition) is 0. The molecule has 0 N–H and O–H groups in total. The number of carbonyl (C=O) groups is 1. The van der Waals surface area contributed by atoms with Crippen LogP contribution in [-0.4, -0.2) is 54.9 Å². The summed E-state index contributed by atoms with van der Waals surface area (Å²) in [5.74, 6) is -0.0871. The smallest absolute Gasteiger partial charge is 0.253 e. The fourth-order valence-corrected chi connectivity index (χ4v) is 5.36. The van der Waals surface area contributed by atoms with Crippen LogP contribution in [0.25, 0.3) is 22.2 Å². The molecular formula is C24H20FN3O4S. The fraction of sp³-hybridized carbons (Fsp3) is 0.167. The van der Waals surface area contributed by atoms with E-state index in [4.69, 9.17) is 4.52 Å². The van der Waals surface area contributed by atoms with E-state index >= 15 is 0 Å². The normalized spacial score (nSPS) is 15.1. The molecule has 4 aromatic rings. The summed E-state index contributed by atoms with van der Waals surface area (Å²) < 4.78 is 45.6. The molecule has 2 heterocycles. The third kappa shape index (κ3) is 4.01. The van der Waals surface area contributed by atoms with Crippen molar-refractivity contribution in [3.8, 4) is 11.3 Å². The number of sulfonamides is 1. The Morgan fingerprint density at radius 1 is 0.909 bits per heavy atom. The van der Waals surface area contributed by atoms with Gasteiger partial charge in [-0.25, -0.2) is 12.8 Å². The highest BCUT2D eigenvalue weighted by molar-refractivity contribution is 7.89. The average Bonchev–Trinajstić information content (AvgIpc) is 3.28. The number of benzene rings is 3. The zero-order chi connectivity index (χ0) is 23.0. The minimum Gasteiger partial charge on any atom is -0.355 e. The van der Waals surface area contributed by atoms with E-state index in [-0.39, 0.29) is 37.0 Å². The number of aromatic nitrogens is 1. The Balaban J connectivity index is 1.33. The first-order valence-electron chi connectivity index (χ1n) is 10.4. The number of rotatable bonds is 4. The fourth-order valence-electron chi connectivity index (χ4n) is 3.94. The average molecular weight is 466 g/mol. The lowest BCUT2D eigenvalue weighted by Crippen LogP contribution is -2.50. The van der Waals surface area contributed by atoms with Crippen molar-refractivity contribution >= 4 is 26.8 Å². The van der Waals surface area contributed by atoms with Crippen LogP contribution in [0.3, 0.4) is 0 Å². The van der Waals surface area contributed by atoms with Gasteiger partial charge in [-0.05, 0) is 42.5 Å². The summed E-state index contributed by atoms with van der Waals surface area (Å²) in [6.07, 6.45) is 0. The van der Waals surface area contributed by atoms with Gasteiger partial charge in [0.1, 0.15) is 11.3 Å². The van der Waals surface area contributed by atoms with E-state index in [1.165, 1.54) is 16.4 Å². The first-order valence-corrected chi connectivity index (χ1v) is 11.9. The molecule has 0 atom stereocenters. The lowest BCUT2D eigenvalue weighted by atomic mass is 10.1. The number of piperazine rings is 1. The van der Waals surface area contributed by atoms with Crippen LogP contribution in [0.1, 0.15) is 10.4 Å². The lowest BCUT2D eigenvalue weighted by molar-refractivity contribution is 0.0698. The molecule has 9 heteroatoms. The van der Waals surface area contributed by atoms with Crippen molar-refractivity contribution in [2.45, 2.75) is 4.90 Å². The van der Waals surface area contributed by atoms with Gasteiger partial charge in [0.15, 0.2) is 5.76 Å². The maximum atomic E-state index is 13.2. The number of carbonyl (C=O) groups excluding carboxylic acids is 1. The second-order valence-electron chi connectivity index (χ2n) is 7.76. The summed E-state index contributed by atoms with van der Waals surface area (Å²) in [5.41, 5.74) is 2.00. The van der Waals surface area contributed by atoms with Crippen molar-refractivity contribution in [1.82, 2.24) is 14.4 Å². The van der Waals surface area contributed by atoms with E-state index in [9.17, 15) is 17.6 Å². The van der Waals surface area contributed by atoms with Gasteiger partial charge in [-0.1, -0.05) is 35.5 Å². The third-order valence-corrected chi connectivity index (χ3v) is 7.65. The molecule has 3 aromatic carbocycles. The quantitative estimate of drug-likeness (QED) is 0.458. The summed E-state index contributed by atoms with van der Waals surface area (Å²) in [4.78, 5) is 14.8. The maximum Gasteiger partial charge on any atom is 0.253 e. The highest BCUT2D eigenvalue weighted by Crippen LogP contribution is 2.29. The van der Waals surface area contributed by atoms with Crippen molar-refractivity contribution in [3.63, 3.8) is 0 Å². The number of hydrogen-bond acceptors (Lipinski definition) is 5. The Morgan fingerprint density at radius 3 is 2.30 bits per heavy atom. The van der Waals surface area contributed by atoms with Gasteiger partial charge in [-0.2, -0.15) is 4.31 Å². The summed E-state index contributed by atoms with van der Waals surface area (Å²) in [6.45, 7) is 0.839. The summed E-state index contributed by atoms with van der Waals surface area (Å²) in [5, 5.41) is 4.82. The van der Waals surface area contributed by atoms with E-state index in [1.807, 2.05) is 30.3 Å². The molecule has 1 fully saturated rings. The van der Waals surface area contributed by atoms with Crippen LogP contribution in [0.2, 0.25) is 0 Å². The van der Waals surface area contributed by atoms with E-state index in [0.29, 0.717) is 16.8 Å². The Morgan fingerprint density at radius 2 is 1.61 bits per heavy atom. The monoisotopic (exact) mass is 465 g/mol. The molecule has 0 bridgehead atoms. The second-order valence-corrected chi connectivity index (χ2v) is 9.70. The third-order valence-electron chi connectivity index (χ3n) is 5.74. The van der Waals surface area contributed by atoms with Gasteiger partial charge >= 0.3 is 0 Å². The zero-order valence-electron chi connectivity index (χ0n) is 17.5. The highest BCUT2D eigenvalue weighted by Gasteiger charge is 2.30. The Kier molecular flexibility index (Phi) is 5.43. The van der Waals surface area contributed by atoms with E-state index in [2.05, 4.69) is 5.16 Å². The molecule has 0 saturated carbocycles.